The molecule has 40 heavy (non-hydrogen) atoms. The Morgan fingerprint density at radius 1 is 0.500 bits per heavy atom. The van der Waals surface area contributed by atoms with Crippen molar-refractivity contribution in [3.63, 3.8) is 0 Å². The summed E-state index contributed by atoms with van der Waals surface area (Å²) in [6.45, 7) is 0. The number of nitrogens with zero attached hydrogens (tertiary/aromatic N) is 3. The number of rotatable bonds is 4. The molecular formula is C36H23N3O. The van der Waals surface area contributed by atoms with Crippen LogP contribution in [0.15, 0.2) is 144 Å². The molecule has 0 unspecified atom stereocenters. The predicted octanol–water partition coefficient (Wildman–Crippen LogP) is 9.30. The average molecular weight is 514 g/mol. The van der Waals surface area contributed by atoms with Crippen molar-refractivity contribution in [2.75, 3.05) is 0 Å². The minimum Gasteiger partial charge on any atom is -0.436 e. The van der Waals surface area contributed by atoms with Crippen molar-refractivity contribution in [2.24, 2.45) is 0 Å². The number of benzene rings is 5. The molecule has 8 rings (SSSR count). The molecule has 0 saturated carbocycles. The highest BCUT2D eigenvalue weighted by Crippen LogP contribution is 2.40. The molecule has 3 aromatic heterocycles. The third-order valence-corrected chi connectivity index (χ3v) is 7.49. The molecule has 5 aromatic carbocycles. The van der Waals surface area contributed by atoms with Crippen molar-refractivity contribution in [1.82, 2.24) is 14.4 Å². The van der Waals surface area contributed by atoms with E-state index in [1.165, 1.54) is 16.3 Å². The molecule has 0 atom stereocenters. The van der Waals surface area contributed by atoms with Gasteiger partial charge in [-0.05, 0) is 58.3 Å². The minimum atomic E-state index is 0.633. The Balaban J connectivity index is 1.27. The summed E-state index contributed by atoms with van der Waals surface area (Å²) in [7, 11) is 0. The summed E-state index contributed by atoms with van der Waals surface area (Å²) in [5.41, 5.74) is 10.2. The molecule has 0 N–H and O–H groups in total. The Bertz CT molecular complexity index is 2120. The monoisotopic (exact) mass is 513 g/mol. The van der Waals surface area contributed by atoms with E-state index in [2.05, 4.69) is 113 Å². The van der Waals surface area contributed by atoms with Gasteiger partial charge in [0.2, 0.25) is 5.89 Å². The molecule has 3 heterocycles. The number of oxazole rings is 1. The van der Waals surface area contributed by atoms with Crippen LogP contribution in [0.5, 0.6) is 0 Å². The number of fused-ring (bicyclic) bond motifs is 3. The van der Waals surface area contributed by atoms with Gasteiger partial charge in [-0.3, -0.25) is 4.40 Å². The molecule has 0 aliphatic heterocycles. The smallest absolute Gasteiger partial charge is 0.227 e. The van der Waals surface area contributed by atoms with E-state index in [1.807, 2.05) is 36.4 Å². The Morgan fingerprint density at radius 2 is 1.18 bits per heavy atom. The zero-order valence-corrected chi connectivity index (χ0v) is 21.5. The van der Waals surface area contributed by atoms with Crippen LogP contribution in [0.1, 0.15) is 0 Å². The molecule has 0 saturated heterocycles. The Labute approximate surface area is 230 Å². The molecule has 4 heteroatoms. The minimum absolute atomic E-state index is 0.633. The van der Waals surface area contributed by atoms with Gasteiger partial charge in [0, 0.05) is 22.9 Å². The SMILES string of the molecule is c1ccc(-c2c(-c3ccc(-c4ccc(-c5nc6ccccc6o5)cc4)c4ccccc34)nc3ccccn23)cc1. The summed E-state index contributed by atoms with van der Waals surface area (Å²) in [6.07, 6.45) is 2.09. The van der Waals surface area contributed by atoms with E-state index in [9.17, 15) is 0 Å². The van der Waals surface area contributed by atoms with Gasteiger partial charge in [-0.2, -0.15) is 0 Å². The molecule has 0 fully saturated rings. The zero-order valence-electron chi connectivity index (χ0n) is 21.5. The number of para-hydroxylation sites is 2. The first kappa shape index (κ1) is 22.5. The van der Waals surface area contributed by atoms with Crippen molar-refractivity contribution < 1.29 is 4.42 Å². The topological polar surface area (TPSA) is 43.3 Å². The predicted molar refractivity (Wildman–Crippen MR) is 162 cm³/mol. The number of pyridine rings is 1. The first-order valence-corrected chi connectivity index (χ1v) is 13.3. The van der Waals surface area contributed by atoms with Crippen LogP contribution in [0.25, 0.3) is 72.6 Å². The van der Waals surface area contributed by atoms with Gasteiger partial charge in [0.15, 0.2) is 5.58 Å². The second-order valence-electron chi connectivity index (χ2n) is 9.87. The van der Waals surface area contributed by atoms with E-state index in [1.54, 1.807) is 0 Å². The van der Waals surface area contributed by atoms with Crippen molar-refractivity contribution in [3.05, 3.63) is 140 Å². The van der Waals surface area contributed by atoms with Crippen LogP contribution in [0.4, 0.5) is 0 Å². The van der Waals surface area contributed by atoms with Gasteiger partial charge < -0.3 is 4.42 Å². The Morgan fingerprint density at radius 3 is 2.00 bits per heavy atom. The van der Waals surface area contributed by atoms with Gasteiger partial charge in [-0.25, -0.2) is 9.97 Å². The lowest BCUT2D eigenvalue weighted by molar-refractivity contribution is 0.620. The highest BCUT2D eigenvalue weighted by atomic mass is 16.3. The van der Waals surface area contributed by atoms with Crippen molar-refractivity contribution in [3.8, 4) is 45.1 Å². The molecule has 0 spiro atoms. The third-order valence-electron chi connectivity index (χ3n) is 7.49. The van der Waals surface area contributed by atoms with Gasteiger partial charge >= 0.3 is 0 Å². The van der Waals surface area contributed by atoms with Crippen LogP contribution < -0.4 is 0 Å². The lowest BCUT2D eigenvalue weighted by Crippen LogP contribution is -1.91. The van der Waals surface area contributed by atoms with Gasteiger partial charge in [-0.1, -0.05) is 97.1 Å². The Hall–Kier alpha value is -5.48. The van der Waals surface area contributed by atoms with E-state index in [4.69, 9.17) is 9.40 Å². The Kier molecular flexibility index (Phi) is 5.10. The second-order valence-corrected chi connectivity index (χ2v) is 9.87. The molecule has 0 aliphatic rings. The van der Waals surface area contributed by atoms with Crippen LogP contribution in [-0.2, 0) is 0 Å². The van der Waals surface area contributed by atoms with Gasteiger partial charge in [0.05, 0.1) is 11.4 Å². The molecule has 188 valence electrons. The van der Waals surface area contributed by atoms with Crippen LogP contribution in [-0.4, -0.2) is 14.4 Å². The normalized spacial score (nSPS) is 11.5. The number of hydrogen-bond acceptors (Lipinski definition) is 3. The second kappa shape index (κ2) is 9.07. The summed E-state index contributed by atoms with van der Waals surface area (Å²) in [6, 6.07) is 46.0. The number of aromatic nitrogens is 3. The van der Waals surface area contributed by atoms with E-state index < -0.39 is 0 Å². The first-order valence-electron chi connectivity index (χ1n) is 13.3. The standard InChI is InChI=1S/C36H23N3O/c1-2-10-25(11-3-1)35-34(38-33-16-8-9-23-39(33)35)30-22-21-27(28-12-4-5-13-29(28)30)24-17-19-26(20-18-24)36-37-31-14-6-7-15-32(31)40-36/h1-23H. The van der Waals surface area contributed by atoms with Gasteiger partial charge in [0.1, 0.15) is 11.2 Å². The molecule has 8 aromatic rings. The lowest BCUT2D eigenvalue weighted by atomic mass is 9.92. The molecule has 0 aliphatic carbocycles. The van der Waals surface area contributed by atoms with Crippen LogP contribution >= 0.6 is 0 Å². The zero-order chi connectivity index (χ0) is 26.5. The molecule has 4 nitrogen and oxygen atoms in total. The van der Waals surface area contributed by atoms with Crippen LogP contribution in [0.3, 0.4) is 0 Å². The summed E-state index contributed by atoms with van der Waals surface area (Å²) < 4.78 is 8.17. The maximum absolute atomic E-state index is 5.99. The quantitative estimate of drug-likeness (QED) is 0.235. The molecule has 0 radical (unpaired) electrons. The molecular weight excluding hydrogens is 490 g/mol. The van der Waals surface area contributed by atoms with E-state index in [0.29, 0.717) is 5.89 Å². The maximum atomic E-state index is 5.99. The lowest BCUT2D eigenvalue weighted by Gasteiger charge is -2.13. The van der Waals surface area contributed by atoms with Crippen molar-refractivity contribution in [1.29, 1.82) is 0 Å². The maximum Gasteiger partial charge on any atom is 0.227 e. The van der Waals surface area contributed by atoms with Crippen LogP contribution in [0, 0.1) is 0 Å². The van der Waals surface area contributed by atoms with Crippen molar-refractivity contribution in [2.45, 2.75) is 0 Å². The van der Waals surface area contributed by atoms with Gasteiger partial charge in [0.25, 0.3) is 0 Å². The summed E-state index contributed by atoms with van der Waals surface area (Å²) in [5.74, 6) is 0.633. The number of hydrogen-bond donors (Lipinski definition) is 0. The van der Waals surface area contributed by atoms with Gasteiger partial charge in [-0.15, -0.1) is 0 Å². The highest BCUT2D eigenvalue weighted by Gasteiger charge is 2.19. The summed E-state index contributed by atoms with van der Waals surface area (Å²) in [5, 5.41) is 2.36. The van der Waals surface area contributed by atoms with E-state index in [0.717, 1.165) is 50.4 Å². The first-order chi connectivity index (χ1) is 19.8. The summed E-state index contributed by atoms with van der Waals surface area (Å²) in [4.78, 5) is 9.78. The fourth-order valence-corrected chi connectivity index (χ4v) is 5.60. The molecule has 0 amide bonds. The average Bonchev–Trinajstić information content (AvgIpc) is 3.63. The number of imidazole rings is 1. The van der Waals surface area contributed by atoms with E-state index in [-0.39, 0.29) is 0 Å². The van der Waals surface area contributed by atoms with Crippen LogP contribution in [0.2, 0.25) is 0 Å². The summed E-state index contributed by atoms with van der Waals surface area (Å²) >= 11 is 0. The highest BCUT2D eigenvalue weighted by molar-refractivity contribution is 6.06. The van der Waals surface area contributed by atoms with E-state index >= 15 is 0 Å². The third kappa shape index (κ3) is 3.62. The fourth-order valence-electron chi connectivity index (χ4n) is 5.60. The van der Waals surface area contributed by atoms with Crippen molar-refractivity contribution >= 4 is 27.5 Å². The fraction of sp³-hybridized carbons (Fsp3) is 0. The molecule has 0 bridgehead atoms. The largest absolute Gasteiger partial charge is 0.436 e.